The second kappa shape index (κ2) is 3.32. The highest BCUT2D eigenvalue weighted by Crippen LogP contribution is 2.08. The van der Waals surface area contributed by atoms with Gasteiger partial charge in [0, 0.05) is 11.9 Å². The number of aliphatic hydroxyl groups excluding tert-OH is 1. The summed E-state index contributed by atoms with van der Waals surface area (Å²) in [5.74, 6) is 0. The highest BCUT2D eigenvalue weighted by molar-refractivity contribution is 5.37. The number of nitrogen functional groups attached to an aromatic ring is 1. The molecule has 1 aromatic heterocycles. The fraction of sp³-hybridized carbons (Fsp3) is 0.286. The summed E-state index contributed by atoms with van der Waals surface area (Å²) in [7, 11) is 0. The Balaban J connectivity index is 2.86. The number of rotatable bonds is 2. The van der Waals surface area contributed by atoms with Gasteiger partial charge in [-0.25, -0.2) is 0 Å². The number of nitrogens with zero attached hydrogens (tertiary/aromatic N) is 1. The Morgan fingerprint density at radius 1 is 1.64 bits per heavy atom. The first-order valence-corrected chi connectivity index (χ1v) is 3.32. The molecular formula is C7H11N3O. The molecule has 0 fully saturated rings. The van der Waals surface area contributed by atoms with Crippen LogP contribution < -0.4 is 11.5 Å². The van der Waals surface area contributed by atoms with Crippen molar-refractivity contribution in [2.45, 2.75) is 6.04 Å². The molecule has 1 unspecified atom stereocenters. The van der Waals surface area contributed by atoms with Gasteiger partial charge in [0.1, 0.15) is 0 Å². The first-order chi connectivity index (χ1) is 5.24. The van der Waals surface area contributed by atoms with Gasteiger partial charge in [-0.15, -0.1) is 0 Å². The average Bonchev–Trinajstić information content (AvgIpc) is 2.03. The van der Waals surface area contributed by atoms with Crippen molar-refractivity contribution >= 4 is 5.69 Å². The van der Waals surface area contributed by atoms with Gasteiger partial charge in [0.15, 0.2) is 0 Å². The van der Waals surface area contributed by atoms with E-state index in [9.17, 15) is 0 Å². The first-order valence-electron chi connectivity index (χ1n) is 3.32. The number of aliphatic hydroxyl groups is 1. The molecule has 60 valence electrons. The molecule has 0 saturated carbocycles. The smallest absolute Gasteiger partial charge is 0.0705 e. The van der Waals surface area contributed by atoms with E-state index in [1.54, 1.807) is 18.3 Å². The normalized spacial score (nSPS) is 12.9. The molecule has 1 aromatic rings. The van der Waals surface area contributed by atoms with Crippen LogP contribution in [0.5, 0.6) is 0 Å². The predicted molar refractivity (Wildman–Crippen MR) is 42.7 cm³/mol. The fourth-order valence-electron chi connectivity index (χ4n) is 0.762. The van der Waals surface area contributed by atoms with Crippen molar-refractivity contribution in [3.8, 4) is 0 Å². The van der Waals surface area contributed by atoms with E-state index in [-0.39, 0.29) is 6.61 Å². The third-order valence-electron chi connectivity index (χ3n) is 1.38. The standard InChI is InChI=1S/C7H11N3O/c8-5-1-2-10-7(3-5)6(9)4-11/h1-3,6,11H,4,9H2,(H2,8,10). The van der Waals surface area contributed by atoms with Crippen LogP contribution in [0, 0.1) is 0 Å². The maximum atomic E-state index is 8.67. The summed E-state index contributed by atoms with van der Waals surface area (Å²) in [4.78, 5) is 3.95. The Bertz CT molecular complexity index is 239. The van der Waals surface area contributed by atoms with Gasteiger partial charge in [0.05, 0.1) is 18.3 Å². The summed E-state index contributed by atoms with van der Waals surface area (Å²) in [6.45, 7) is -0.115. The van der Waals surface area contributed by atoms with Crippen molar-refractivity contribution in [2.75, 3.05) is 12.3 Å². The number of nitrogens with two attached hydrogens (primary N) is 2. The van der Waals surface area contributed by atoms with Gasteiger partial charge in [-0.1, -0.05) is 0 Å². The Morgan fingerprint density at radius 2 is 2.36 bits per heavy atom. The van der Waals surface area contributed by atoms with Gasteiger partial charge in [-0.3, -0.25) is 4.98 Å². The zero-order valence-electron chi connectivity index (χ0n) is 6.07. The van der Waals surface area contributed by atoms with Crippen molar-refractivity contribution in [2.24, 2.45) is 5.73 Å². The van der Waals surface area contributed by atoms with E-state index in [2.05, 4.69) is 4.98 Å². The predicted octanol–water partition coefficient (Wildman–Crippen LogP) is -0.344. The summed E-state index contributed by atoms with van der Waals surface area (Å²) in [5.41, 5.74) is 12.2. The van der Waals surface area contributed by atoms with Crippen LogP contribution in [0.3, 0.4) is 0 Å². The summed E-state index contributed by atoms with van der Waals surface area (Å²) in [6.07, 6.45) is 1.57. The molecule has 0 aliphatic heterocycles. The first kappa shape index (κ1) is 7.97. The number of pyridine rings is 1. The number of hydrogen-bond acceptors (Lipinski definition) is 4. The minimum atomic E-state index is -0.432. The Labute approximate surface area is 64.9 Å². The van der Waals surface area contributed by atoms with E-state index in [1.807, 2.05) is 0 Å². The van der Waals surface area contributed by atoms with E-state index in [4.69, 9.17) is 16.6 Å². The minimum absolute atomic E-state index is 0.115. The maximum absolute atomic E-state index is 8.67. The highest BCUT2D eigenvalue weighted by Gasteiger charge is 2.04. The number of hydrogen-bond donors (Lipinski definition) is 3. The molecule has 0 aliphatic carbocycles. The van der Waals surface area contributed by atoms with Crippen molar-refractivity contribution in [3.63, 3.8) is 0 Å². The molecule has 0 aliphatic rings. The highest BCUT2D eigenvalue weighted by atomic mass is 16.3. The van der Waals surface area contributed by atoms with Crippen LogP contribution in [-0.2, 0) is 0 Å². The van der Waals surface area contributed by atoms with Crippen LogP contribution in [0.4, 0.5) is 5.69 Å². The second-order valence-corrected chi connectivity index (χ2v) is 2.30. The quantitative estimate of drug-likeness (QED) is 0.542. The van der Waals surface area contributed by atoms with Crippen LogP contribution in [0.1, 0.15) is 11.7 Å². The maximum Gasteiger partial charge on any atom is 0.0705 e. The fourth-order valence-corrected chi connectivity index (χ4v) is 0.762. The van der Waals surface area contributed by atoms with E-state index >= 15 is 0 Å². The molecule has 1 atom stereocenters. The Kier molecular flexibility index (Phi) is 2.40. The van der Waals surface area contributed by atoms with Crippen molar-refractivity contribution in [1.29, 1.82) is 0 Å². The van der Waals surface area contributed by atoms with Crippen LogP contribution in [0.2, 0.25) is 0 Å². The molecule has 11 heavy (non-hydrogen) atoms. The number of aromatic nitrogens is 1. The molecule has 4 nitrogen and oxygen atoms in total. The van der Waals surface area contributed by atoms with E-state index < -0.39 is 6.04 Å². The van der Waals surface area contributed by atoms with Gasteiger partial charge < -0.3 is 16.6 Å². The monoisotopic (exact) mass is 153 g/mol. The van der Waals surface area contributed by atoms with Crippen LogP contribution >= 0.6 is 0 Å². The van der Waals surface area contributed by atoms with Crippen molar-refractivity contribution in [3.05, 3.63) is 24.0 Å². The van der Waals surface area contributed by atoms with Gasteiger partial charge >= 0.3 is 0 Å². The lowest BCUT2D eigenvalue weighted by atomic mass is 10.2. The van der Waals surface area contributed by atoms with E-state index in [0.29, 0.717) is 11.4 Å². The third-order valence-corrected chi connectivity index (χ3v) is 1.38. The SMILES string of the molecule is Nc1ccnc(C(N)CO)c1. The summed E-state index contributed by atoms with van der Waals surface area (Å²) in [6, 6.07) is 2.90. The van der Waals surface area contributed by atoms with Gasteiger partial charge in [0.25, 0.3) is 0 Å². The zero-order chi connectivity index (χ0) is 8.27. The molecule has 0 radical (unpaired) electrons. The molecule has 1 heterocycles. The van der Waals surface area contributed by atoms with Gasteiger partial charge in [-0.05, 0) is 12.1 Å². The van der Waals surface area contributed by atoms with Crippen LogP contribution in [-0.4, -0.2) is 16.7 Å². The van der Waals surface area contributed by atoms with Crippen LogP contribution in [0.15, 0.2) is 18.3 Å². The molecule has 0 saturated heterocycles. The molecule has 1 rings (SSSR count). The van der Waals surface area contributed by atoms with E-state index in [0.717, 1.165) is 0 Å². The lowest BCUT2D eigenvalue weighted by Crippen LogP contribution is -2.16. The lowest BCUT2D eigenvalue weighted by molar-refractivity contribution is 0.266. The summed E-state index contributed by atoms with van der Waals surface area (Å²) in [5, 5.41) is 8.67. The van der Waals surface area contributed by atoms with Crippen molar-refractivity contribution in [1.82, 2.24) is 4.98 Å². The molecule has 0 bridgehead atoms. The largest absolute Gasteiger partial charge is 0.399 e. The molecule has 5 N–H and O–H groups in total. The van der Waals surface area contributed by atoms with E-state index in [1.165, 1.54) is 0 Å². The Morgan fingerprint density at radius 3 is 2.91 bits per heavy atom. The Hall–Kier alpha value is -1.13. The molecular weight excluding hydrogens is 142 g/mol. The summed E-state index contributed by atoms with van der Waals surface area (Å²) < 4.78 is 0. The molecule has 0 aromatic carbocycles. The molecule has 4 heteroatoms. The number of anilines is 1. The molecule has 0 spiro atoms. The van der Waals surface area contributed by atoms with Gasteiger partial charge in [-0.2, -0.15) is 0 Å². The topological polar surface area (TPSA) is 85.2 Å². The molecule has 0 amide bonds. The zero-order valence-corrected chi connectivity index (χ0v) is 6.07. The second-order valence-electron chi connectivity index (χ2n) is 2.30. The summed E-state index contributed by atoms with van der Waals surface area (Å²) >= 11 is 0. The van der Waals surface area contributed by atoms with Gasteiger partial charge in [0.2, 0.25) is 0 Å². The van der Waals surface area contributed by atoms with Crippen LogP contribution in [0.25, 0.3) is 0 Å². The average molecular weight is 153 g/mol. The van der Waals surface area contributed by atoms with Crippen molar-refractivity contribution < 1.29 is 5.11 Å². The minimum Gasteiger partial charge on any atom is -0.399 e. The third kappa shape index (κ3) is 1.89. The lowest BCUT2D eigenvalue weighted by Gasteiger charge is -2.06.